The number of amides is 2. The van der Waals surface area contributed by atoms with Gasteiger partial charge in [0.2, 0.25) is 0 Å². The quantitative estimate of drug-likeness (QED) is 0.253. The molecule has 3 aliphatic carbocycles. The van der Waals surface area contributed by atoms with Crippen LogP contribution in [0.2, 0.25) is 10.0 Å². The van der Waals surface area contributed by atoms with Crippen LogP contribution in [-0.2, 0) is 6.42 Å². The normalized spacial score (nSPS) is 28.9. The summed E-state index contributed by atoms with van der Waals surface area (Å²) in [6.45, 7) is 12.2. The SMILES string of the molecule is C[C@@H]1C(N=C(Nc2ccc3c(c2)C(=O)N(CCc2ccc(Cl)cc2Cl)C3=O)N2CCN[C@@H](C)C2)C[C@H]2C[C@@H]1C2(C)C. The molecule has 7 nitrogen and oxygen atoms in total. The third-order valence-electron chi connectivity index (χ3n) is 10.1. The van der Waals surface area contributed by atoms with Crippen molar-refractivity contribution in [2.75, 3.05) is 31.5 Å². The third-order valence-corrected chi connectivity index (χ3v) is 10.7. The molecule has 3 saturated carbocycles. The Morgan fingerprint density at radius 1 is 1.07 bits per heavy atom. The van der Waals surface area contributed by atoms with E-state index >= 15 is 0 Å². The average Bonchev–Trinajstić information content (AvgIpc) is 3.17. The number of aliphatic imine (C=N–C) groups is 1. The molecule has 2 amide bonds. The van der Waals surface area contributed by atoms with E-state index in [4.69, 9.17) is 28.2 Å². The minimum Gasteiger partial charge on any atom is -0.340 e. The molecule has 218 valence electrons. The summed E-state index contributed by atoms with van der Waals surface area (Å²) < 4.78 is 0. The first-order chi connectivity index (χ1) is 19.5. The Hall–Kier alpha value is -2.61. The fourth-order valence-corrected chi connectivity index (χ4v) is 7.93. The van der Waals surface area contributed by atoms with Crippen molar-refractivity contribution >= 4 is 46.7 Å². The van der Waals surface area contributed by atoms with Gasteiger partial charge in [-0.15, -0.1) is 0 Å². The van der Waals surface area contributed by atoms with Crippen LogP contribution in [0.3, 0.4) is 0 Å². The first-order valence-electron chi connectivity index (χ1n) is 14.8. The molecule has 2 N–H and O–H groups in total. The van der Waals surface area contributed by atoms with Gasteiger partial charge >= 0.3 is 0 Å². The summed E-state index contributed by atoms with van der Waals surface area (Å²) in [6.07, 6.45) is 2.89. The molecule has 0 radical (unpaired) electrons. The van der Waals surface area contributed by atoms with E-state index in [-0.39, 0.29) is 24.4 Å². The van der Waals surface area contributed by atoms with E-state index < -0.39 is 0 Å². The topological polar surface area (TPSA) is 77.0 Å². The molecule has 0 spiro atoms. The summed E-state index contributed by atoms with van der Waals surface area (Å²) in [5, 5.41) is 8.18. The summed E-state index contributed by atoms with van der Waals surface area (Å²) in [5.41, 5.74) is 2.87. The smallest absolute Gasteiger partial charge is 0.261 e. The van der Waals surface area contributed by atoms with Gasteiger partial charge in [-0.2, -0.15) is 0 Å². The number of hydrogen-bond acceptors (Lipinski definition) is 4. The molecule has 7 rings (SSSR count). The maximum absolute atomic E-state index is 13.4. The van der Waals surface area contributed by atoms with E-state index in [1.54, 1.807) is 24.3 Å². The molecular formula is C32H39Cl2N5O2. The van der Waals surface area contributed by atoms with Crippen molar-refractivity contribution < 1.29 is 9.59 Å². The largest absolute Gasteiger partial charge is 0.340 e. The summed E-state index contributed by atoms with van der Waals surface area (Å²) in [5.74, 6) is 2.25. The summed E-state index contributed by atoms with van der Waals surface area (Å²) >= 11 is 12.3. The molecule has 2 aromatic rings. The molecule has 2 aliphatic heterocycles. The maximum Gasteiger partial charge on any atom is 0.261 e. The number of halogens is 2. The number of imide groups is 1. The number of piperazine rings is 1. The van der Waals surface area contributed by atoms with Gasteiger partial charge in [-0.25, -0.2) is 4.99 Å². The lowest BCUT2D eigenvalue weighted by Crippen LogP contribution is -2.57. The van der Waals surface area contributed by atoms with Crippen LogP contribution in [0.4, 0.5) is 5.69 Å². The highest BCUT2D eigenvalue weighted by Crippen LogP contribution is 2.61. The van der Waals surface area contributed by atoms with Crippen LogP contribution in [0, 0.1) is 23.2 Å². The predicted molar refractivity (Wildman–Crippen MR) is 165 cm³/mol. The van der Waals surface area contributed by atoms with Gasteiger partial charge in [0.05, 0.1) is 17.2 Å². The Balaban J connectivity index is 1.22. The highest BCUT2D eigenvalue weighted by molar-refractivity contribution is 6.35. The lowest BCUT2D eigenvalue weighted by atomic mass is 9.45. The molecule has 41 heavy (non-hydrogen) atoms. The number of benzene rings is 2. The third kappa shape index (κ3) is 5.26. The number of anilines is 1. The first-order valence-corrected chi connectivity index (χ1v) is 15.6. The molecule has 2 bridgehead atoms. The highest BCUT2D eigenvalue weighted by atomic mass is 35.5. The summed E-state index contributed by atoms with van der Waals surface area (Å²) in [7, 11) is 0. The van der Waals surface area contributed by atoms with Crippen molar-refractivity contribution in [3.8, 4) is 0 Å². The second kappa shape index (κ2) is 10.9. The van der Waals surface area contributed by atoms with Gasteiger partial charge in [-0.3, -0.25) is 14.5 Å². The molecule has 0 aromatic heterocycles. The van der Waals surface area contributed by atoms with Crippen LogP contribution in [0.5, 0.6) is 0 Å². The predicted octanol–water partition coefficient (Wildman–Crippen LogP) is 5.96. The Bertz CT molecular complexity index is 1410. The monoisotopic (exact) mass is 595 g/mol. The van der Waals surface area contributed by atoms with E-state index in [0.29, 0.717) is 50.9 Å². The Labute approximate surface area is 252 Å². The molecule has 5 aliphatic rings. The number of fused-ring (bicyclic) bond motifs is 3. The Kier molecular flexibility index (Phi) is 7.58. The fraction of sp³-hybridized carbons (Fsp3) is 0.531. The van der Waals surface area contributed by atoms with Gasteiger partial charge in [0.15, 0.2) is 5.96 Å². The van der Waals surface area contributed by atoms with Crippen molar-refractivity contribution in [3.63, 3.8) is 0 Å². The van der Waals surface area contributed by atoms with E-state index in [2.05, 4.69) is 43.2 Å². The molecule has 2 aromatic carbocycles. The zero-order chi connectivity index (χ0) is 29.1. The van der Waals surface area contributed by atoms with Crippen LogP contribution in [-0.4, -0.2) is 65.8 Å². The molecule has 2 heterocycles. The van der Waals surface area contributed by atoms with Crippen LogP contribution in [0.1, 0.15) is 66.8 Å². The van der Waals surface area contributed by atoms with Crippen LogP contribution in [0.25, 0.3) is 0 Å². The van der Waals surface area contributed by atoms with E-state index in [0.717, 1.165) is 49.2 Å². The van der Waals surface area contributed by atoms with Gasteiger partial charge in [-0.1, -0.05) is 50.0 Å². The lowest BCUT2D eigenvalue weighted by Gasteiger charge is -2.61. The number of rotatable bonds is 5. The van der Waals surface area contributed by atoms with Gasteiger partial charge in [0, 0.05) is 48.0 Å². The van der Waals surface area contributed by atoms with Crippen LogP contribution < -0.4 is 10.6 Å². The average molecular weight is 597 g/mol. The first kappa shape index (κ1) is 28.5. The van der Waals surface area contributed by atoms with E-state index in [1.165, 1.54) is 11.3 Å². The van der Waals surface area contributed by atoms with Gasteiger partial charge in [0.25, 0.3) is 11.8 Å². The number of guanidine groups is 1. The number of hydrogen-bond donors (Lipinski definition) is 2. The summed E-state index contributed by atoms with van der Waals surface area (Å²) in [6, 6.07) is 11.3. The van der Waals surface area contributed by atoms with Gasteiger partial charge in [-0.05, 0) is 85.3 Å². The minimum absolute atomic E-state index is 0.250. The standard InChI is InChI=1S/C32H39Cl2N5O2/c1-18-17-38(12-10-35-18)31(37-28-14-21-13-26(19(28)2)32(21,3)4)36-23-7-8-24-25(16-23)30(41)39(29(24)40)11-9-20-5-6-22(33)15-27(20)34/h5-8,15-16,18-19,21,26,28,35H,9-14,17H2,1-4H3,(H,36,37)/t18-,19-,21+,26-,28?/m0/s1. The molecular weight excluding hydrogens is 557 g/mol. The zero-order valence-corrected chi connectivity index (χ0v) is 25.7. The second-order valence-electron chi connectivity index (χ2n) is 12.9. The second-order valence-corrected chi connectivity index (χ2v) is 13.8. The number of carbonyl (C=O) groups is 2. The number of nitrogens with one attached hydrogen (secondary N) is 2. The van der Waals surface area contributed by atoms with Crippen molar-refractivity contribution in [1.82, 2.24) is 15.1 Å². The Morgan fingerprint density at radius 3 is 2.56 bits per heavy atom. The number of carbonyl (C=O) groups excluding carboxylic acids is 2. The van der Waals surface area contributed by atoms with Crippen molar-refractivity contribution in [2.45, 2.75) is 59.0 Å². The Morgan fingerprint density at radius 2 is 1.85 bits per heavy atom. The molecule has 1 saturated heterocycles. The van der Waals surface area contributed by atoms with E-state index in [1.807, 2.05) is 12.1 Å². The fourth-order valence-electron chi connectivity index (χ4n) is 7.43. The lowest BCUT2D eigenvalue weighted by molar-refractivity contribution is -0.108. The highest BCUT2D eigenvalue weighted by Gasteiger charge is 2.56. The zero-order valence-electron chi connectivity index (χ0n) is 24.2. The molecule has 9 heteroatoms. The molecule has 1 unspecified atom stereocenters. The van der Waals surface area contributed by atoms with E-state index in [9.17, 15) is 9.59 Å². The van der Waals surface area contributed by atoms with Crippen molar-refractivity contribution in [3.05, 3.63) is 63.1 Å². The van der Waals surface area contributed by atoms with Crippen molar-refractivity contribution in [1.29, 1.82) is 0 Å². The van der Waals surface area contributed by atoms with Gasteiger partial charge in [0.1, 0.15) is 0 Å². The molecule has 4 fully saturated rings. The maximum atomic E-state index is 13.4. The van der Waals surface area contributed by atoms with Gasteiger partial charge < -0.3 is 15.5 Å². The minimum atomic E-state index is -0.281. The number of nitrogens with zero attached hydrogens (tertiary/aromatic N) is 3. The van der Waals surface area contributed by atoms with Crippen molar-refractivity contribution in [2.24, 2.45) is 28.2 Å². The molecule has 5 atom stereocenters. The summed E-state index contributed by atoms with van der Waals surface area (Å²) in [4.78, 5) is 35.5. The van der Waals surface area contributed by atoms with Crippen LogP contribution in [0.15, 0.2) is 41.4 Å². The van der Waals surface area contributed by atoms with Crippen LogP contribution >= 0.6 is 23.2 Å².